The fourth-order valence-corrected chi connectivity index (χ4v) is 2.47. The summed E-state index contributed by atoms with van der Waals surface area (Å²) in [5, 5.41) is 7.42. The van der Waals surface area contributed by atoms with Crippen LogP contribution in [0.1, 0.15) is 23.6 Å². The molecule has 0 bridgehead atoms. The molecule has 0 aliphatic carbocycles. The molecule has 27 heavy (non-hydrogen) atoms. The van der Waals surface area contributed by atoms with Crippen molar-refractivity contribution in [3.63, 3.8) is 0 Å². The van der Waals surface area contributed by atoms with E-state index in [4.69, 9.17) is 0 Å². The highest BCUT2D eigenvalue weighted by molar-refractivity contribution is 5.97. The average molecular weight is 379 g/mol. The van der Waals surface area contributed by atoms with E-state index in [0.29, 0.717) is 5.69 Å². The normalized spacial score (nSPS) is 11.0. The van der Waals surface area contributed by atoms with Gasteiger partial charge in [0.2, 0.25) is 5.91 Å². The summed E-state index contributed by atoms with van der Waals surface area (Å²) in [6.07, 6.45) is -3.62. The van der Waals surface area contributed by atoms with E-state index in [9.17, 15) is 22.8 Å². The Kier molecular flexibility index (Phi) is 6.44. The topological polar surface area (TPSA) is 70.2 Å². The Hall–Kier alpha value is -3.03. The molecule has 0 aromatic heterocycles. The second kappa shape index (κ2) is 8.57. The van der Waals surface area contributed by atoms with E-state index < -0.39 is 23.7 Å². The molecule has 0 saturated heterocycles. The molecule has 0 spiro atoms. The molecular weight excluding hydrogens is 359 g/mol. The van der Waals surface area contributed by atoms with Gasteiger partial charge in [0.05, 0.1) is 12.1 Å². The molecule has 2 aromatic rings. The molecule has 5 nitrogen and oxygen atoms in total. The molecule has 8 heteroatoms. The van der Waals surface area contributed by atoms with Crippen LogP contribution in [0.15, 0.2) is 42.5 Å². The quantitative estimate of drug-likeness (QED) is 0.723. The number of nitrogens with one attached hydrogen (secondary N) is 3. The van der Waals surface area contributed by atoms with Crippen molar-refractivity contribution in [2.75, 3.05) is 17.2 Å². The van der Waals surface area contributed by atoms with Crippen molar-refractivity contribution in [3.8, 4) is 0 Å². The summed E-state index contributed by atoms with van der Waals surface area (Å²) in [5.41, 5.74) is 1.13. The third kappa shape index (κ3) is 6.02. The summed E-state index contributed by atoms with van der Waals surface area (Å²) in [7, 11) is 0. The molecule has 2 rings (SSSR count). The SMILES string of the molecule is CCc1cccc(NC(=O)CNC(=O)Nc2ccc(C(F)(F)F)c(C)c2)c1. The second-order valence-electron chi connectivity index (χ2n) is 5.94. The number of aryl methyl sites for hydroxylation is 2. The van der Waals surface area contributed by atoms with Crippen molar-refractivity contribution in [1.82, 2.24) is 5.32 Å². The lowest BCUT2D eigenvalue weighted by Crippen LogP contribution is -2.35. The van der Waals surface area contributed by atoms with E-state index in [1.807, 2.05) is 25.1 Å². The zero-order valence-electron chi connectivity index (χ0n) is 14.9. The van der Waals surface area contributed by atoms with E-state index in [1.54, 1.807) is 6.07 Å². The zero-order chi connectivity index (χ0) is 20.0. The number of carbonyl (C=O) groups is 2. The van der Waals surface area contributed by atoms with E-state index in [2.05, 4.69) is 16.0 Å². The minimum absolute atomic E-state index is 0.00570. The summed E-state index contributed by atoms with van der Waals surface area (Å²) >= 11 is 0. The van der Waals surface area contributed by atoms with Crippen molar-refractivity contribution in [2.45, 2.75) is 26.4 Å². The van der Waals surface area contributed by atoms with E-state index in [1.165, 1.54) is 13.0 Å². The van der Waals surface area contributed by atoms with Crippen LogP contribution in [-0.2, 0) is 17.4 Å². The predicted octanol–water partition coefficient (Wildman–Crippen LogP) is 4.34. The Morgan fingerprint density at radius 1 is 1.00 bits per heavy atom. The van der Waals surface area contributed by atoms with Crippen LogP contribution in [0.2, 0.25) is 0 Å². The van der Waals surface area contributed by atoms with Crippen molar-refractivity contribution >= 4 is 23.3 Å². The van der Waals surface area contributed by atoms with Crippen LogP contribution in [0.25, 0.3) is 0 Å². The van der Waals surface area contributed by atoms with Gasteiger partial charge >= 0.3 is 12.2 Å². The lowest BCUT2D eigenvalue weighted by atomic mass is 10.1. The first kappa shape index (κ1) is 20.3. The molecule has 0 heterocycles. The van der Waals surface area contributed by atoms with Gasteiger partial charge < -0.3 is 16.0 Å². The van der Waals surface area contributed by atoms with Gasteiger partial charge in [-0.3, -0.25) is 4.79 Å². The molecule has 3 amide bonds. The Balaban J connectivity index is 1.87. The summed E-state index contributed by atoms with van der Waals surface area (Å²) < 4.78 is 38.2. The number of alkyl halides is 3. The van der Waals surface area contributed by atoms with Crippen LogP contribution in [0.5, 0.6) is 0 Å². The first-order valence-electron chi connectivity index (χ1n) is 8.30. The number of carbonyl (C=O) groups excluding carboxylic acids is 2. The van der Waals surface area contributed by atoms with Crippen LogP contribution in [0.4, 0.5) is 29.3 Å². The highest BCUT2D eigenvalue weighted by atomic mass is 19.4. The lowest BCUT2D eigenvalue weighted by Gasteiger charge is -2.13. The molecule has 3 N–H and O–H groups in total. The van der Waals surface area contributed by atoms with Gasteiger partial charge in [0.1, 0.15) is 0 Å². The third-order valence-electron chi connectivity index (χ3n) is 3.82. The molecule has 144 valence electrons. The van der Waals surface area contributed by atoms with Crippen LogP contribution in [0, 0.1) is 6.92 Å². The monoisotopic (exact) mass is 379 g/mol. The molecule has 0 radical (unpaired) electrons. The highest BCUT2D eigenvalue weighted by Gasteiger charge is 2.32. The van der Waals surface area contributed by atoms with Gasteiger partial charge in [0.25, 0.3) is 0 Å². The van der Waals surface area contributed by atoms with Crippen LogP contribution in [0.3, 0.4) is 0 Å². The molecular formula is C19H20F3N3O2. The number of amides is 3. The molecule has 2 aromatic carbocycles. The van der Waals surface area contributed by atoms with Crippen molar-refractivity contribution in [2.24, 2.45) is 0 Å². The van der Waals surface area contributed by atoms with Gasteiger partial charge in [0, 0.05) is 11.4 Å². The zero-order valence-corrected chi connectivity index (χ0v) is 14.9. The Bertz CT molecular complexity index is 835. The van der Waals surface area contributed by atoms with Crippen molar-refractivity contribution < 1.29 is 22.8 Å². The largest absolute Gasteiger partial charge is 0.416 e. The minimum atomic E-state index is -4.45. The van der Waals surface area contributed by atoms with Gasteiger partial charge in [-0.25, -0.2) is 4.79 Å². The fraction of sp³-hybridized carbons (Fsp3) is 0.263. The summed E-state index contributed by atoms with van der Waals surface area (Å²) in [4.78, 5) is 23.7. The third-order valence-corrected chi connectivity index (χ3v) is 3.82. The molecule has 0 fully saturated rings. The number of halogens is 3. The summed E-state index contributed by atoms with van der Waals surface area (Å²) in [6, 6.07) is 9.93. The van der Waals surface area contributed by atoms with Gasteiger partial charge in [0.15, 0.2) is 0 Å². The molecule has 0 atom stereocenters. The van der Waals surface area contributed by atoms with E-state index >= 15 is 0 Å². The smallest absolute Gasteiger partial charge is 0.329 e. The van der Waals surface area contributed by atoms with Gasteiger partial charge in [-0.05, 0) is 54.8 Å². The Morgan fingerprint density at radius 2 is 1.70 bits per heavy atom. The number of anilines is 2. The molecule has 0 aliphatic heterocycles. The molecule has 0 aliphatic rings. The summed E-state index contributed by atoms with van der Waals surface area (Å²) in [6.45, 7) is 3.03. The van der Waals surface area contributed by atoms with Crippen LogP contribution < -0.4 is 16.0 Å². The number of hydrogen-bond acceptors (Lipinski definition) is 2. The maximum atomic E-state index is 12.7. The first-order valence-corrected chi connectivity index (χ1v) is 8.30. The predicted molar refractivity (Wildman–Crippen MR) is 97.7 cm³/mol. The second-order valence-corrected chi connectivity index (χ2v) is 5.94. The fourth-order valence-electron chi connectivity index (χ4n) is 2.47. The van der Waals surface area contributed by atoms with Gasteiger partial charge in [-0.15, -0.1) is 0 Å². The highest BCUT2D eigenvalue weighted by Crippen LogP contribution is 2.32. The lowest BCUT2D eigenvalue weighted by molar-refractivity contribution is -0.138. The molecule has 0 saturated carbocycles. The standard InChI is InChI=1S/C19H20F3N3O2/c1-3-13-5-4-6-14(10-13)24-17(26)11-23-18(27)25-15-7-8-16(12(2)9-15)19(20,21)22/h4-10H,3,11H2,1-2H3,(H,24,26)(H2,23,25,27). The van der Waals surface area contributed by atoms with E-state index in [-0.39, 0.29) is 17.8 Å². The number of benzene rings is 2. The first-order chi connectivity index (χ1) is 12.7. The minimum Gasteiger partial charge on any atom is -0.329 e. The number of rotatable bonds is 5. The number of urea groups is 1. The maximum absolute atomic E-state index is 12.7. The molecule has 0 unspecified atom stereocenters. The Labute approximate surface area is 155 Å². The van der Waals surface area contributed by atoms with Gasteiger partial charge in [-0.2, -0.15) is 13.2 Å². The van der Waals surface area contributed by atoms with Crippen LogP contribution in [-0.4, -0.2) is 18.5 Å². The van der Waals surface area contributed by atoms with Crippen LogP contribution >= 0.6 is 0 Å². The number of hydrogen-bond donors (Lipinski definition) is 3. The summed E-state index contributed by atoms with van der Waals surface area (Å²) in [5.74, 6) is -0.415. The van der Waals surface area contributed by atoms with Crippen molar-refractivity contribution in [3.05, 3.63) is 59.2 Å². The van der Waals surface area contributed by atoms with Crippen molar-refractivity contribution in [1.29, 1.82) is 0 Å². The Morgan fingerprint density at radius 3 is 2.33 bits per heavy atom. The maximum Gasteiger partial charge on any atom is 0.416 e. The average Bonchev–Trinajstić information content (AvgIpc) is 2.59. The van der Waals surface area contributed by atoms with E-state index in [0.717, 1.165) is 24.1 Å². The van der Waals surface area contributed by atoms with Gasteiger partial charge in [-0.1, -0.05) is 19.1 Å².